The smallest absolute Gasteiger partial charge is 0.414 e. The van der Waals surface area contributed by atoms with E-state index >= 15 is 0 Å². The molecule has 2 fully saturated rings. The van der Waals surface area contributed by atoms with E-state index in [1.54, 1.807) is 19.9 Å². The van der Waals surface area contributed by atoms with Crippen LogP contribution in [-0.2, 0) is 19.2 Å². The molecule has 4 N–H and O–H groups in total. The van der Waals surface area contributed by atoms with Crippen LogP contribution in [0.2, 0.25) is 0 Å². The fraction of sp³-hybridized carbons (Fsp3) is 0.792. The highest BCUT2D eigenvalue weighted by Crippen LogP contribution is 2.66. The van der Waals surface area contributed by atoms with Gasteiger partial charge in [0.2, 0.25) is 5.79 Å². The van der Waals surface area contributed by atoms with E-state index in [0.29, 0.717) is 6.42 Å². The Morgan fingerprint density at radius 2 is 1.85 bits per heavy atom. The summed E-state index contributed by atoms with van der Waals surface area (Å²) in [6, 6.07) is 0. The molecular formula is C24H38ClNO8. The fourth-order valence-corrected chi connectivity index (χ4v) is 6.36. The Morgan fingerprint density at radius 3 is 2.41 bits per heavy atom. The average molecular weight is 504 g/mol. The number of rotatable bonds is 7. The number of carbonyl (C=O) groups is 3. The van der Waals surface area contributed by atoms with Crippen molar-refractivity contribution in [3.63, 3.8) is 0 Å². The lowest BCUT2D eigenvalue weighted by Gasteiger charge is -2.67. The number of alkyl halides is 1. The SMILES string of the molecule is C=C[C@@H](C)CC(=O)[C@@]1(O)[C@@H](C)C[C@@H](O)[C@H]2C(C)(C)CC[C@@](O)(OC(=O)NOC(=O)CCCl)[C@@]21C. The summed E-state index contributed by atoms with van der Waals surface area (Å²) < 4.78 is 5.40. The second kappa shape index (κ2) is 10.1. The minimum absolute atomic E-state index is 0.0115. The summed E-state index contributed by atoms with van der Waals surface area (Å²) in [6.45, 7) is 12.4. The van der Waals surface area contributed by atoms with Gasteiger partial charge in [0, 0.05) is 24.6 Å². The molecule has 0 aromatic heterocycles. The standard InChI is InChI=1S/C24H38ClNO8/c1-7-14(2)12-17(28)24(32)15(3)13-16(27)19-21(4,5)9-10-23(31,22(19,24)6)33-20(30)26-34-18(29)8-11-25/h7,14-16,19,27,31-32H,1,8-13H2,2-6H3,(H,26,30)/t14-,15+,16-,19+,22-,23-,24+/m1/s1. The van der Waals surface area contributed by atoms with Crippen LogP contribution in [-0.4, -0.2) is 56.5 Å². The number of ketones is 1. The Bertz CT molecular complexity index is 819. The predicted molar refractivity (Wildman–Crippen MR) is 124 cm³/mol. The molecule has 0 radical (unpaired) electrons. The molecule has 2 aliphatic carbocycles. The van der Waals surface area contributed by atoms with Gasteiger partial charge < -0.3 is 24.9 Å². The number of hydrogen-bond donors (Lipinski definition) is 4. The average Bonchev–Trinajstić information content (AvgIpc) is 2.73. The van der Waals surface area contributed by atoms with Gasteiger partial charge in [-0.25, -0.2) is 9.59 Å². The number of aliphatic hydroxyl groups is 3. The van der Waals surface area contributed by atoms with E-state index in [9.17, 15) is 29.7 Å². The zero-order valence-corrected chi connectivity index (χ0v) is 21.4. The van der Waals surface area contributed by atoms with Crippen molar-refractivity contribution in [1.82, 2.24) is 5.48 Å². The summed E-state index contributed by atoms with van der Waals surface area (Å²) in [4.78, 5) is 42.3. The summed E-state index contributed by atoms with van der Waals surface area (Å²) in [5, 5.41) is 35.1. The van der Waals surface area contributed by atoms with Crippen molar-refractivity contribution in [2.75, 3.05) is 5.88 Å². The summed E-state index contributed by atoms with van der Waals surface area (Å²) in [6.07, 6.45) is -0.482. The number of hydroxylamine groups is 1. The van der Waals surface area contributed by atoms with Gasteiger partial charge >= 0.3 is 12.1 Å². The molecule has 2 saturated carbocycles. The molecule has 0 aromatic carbocycles. The second-order valence-electron chi connectivity index (χ2n) is 10.7. The van der Waals surface area contributed by atoms with Crippen molar-refractivity contribution in [2.24, 2.45) is 28.6 Å². The number of amides is 1. The zero-order chi connectivity index (χ0) is 26.1. The molecule has 7 atom stereocenters. The normalized spacial score (nSPS) is 37.6. The third kappa shape index (κ3) is 4.72. The number of aliphatic hydroxyl groups excluding tert-OH is 1. The van der Waals surface area contributed by atoms with Crippen LogP contribution < -0.4 is 5.48 Å². The lowest BCUT2D eigenvalue weighted by molar-refractivity contribution is -0.362. The third-order valence-corrected chi connectivity index (χ3v) is 8.20. The molecule has 2 aliphatic rings. The molecule has 1 amide bonds. The van der Waals surface area contributed by atoms with Crippen molar-refractivity contribution in [1.29, 1.82) is 0 Å². The van der Waals surface area contributed by atoms with Gasteiger partial charge in [0.15, 0.2) is 5.78 Å². The Balaban J connectivity index is 2.54. The van der Waals surface area contributed by atoms with E-state index in [0.717, 1.165) is 0 Å². The van der Waals surface area contributed by atoms with Gasteiger partial charge in [-0.3, -0.25) is 4.79 Å². The maximum absolute atomic E-state index is 13.6. The molecule has 34 heavy (non-hydrogen) atoms. The highest BCUT2D eigenvalue weighted by molar-refractivity contribution is 6.18. The van der Waals surface area contributed by atoms with Gasteiger partial charge in [-0.1, -0.05) is 33.8 Å². The summed E-state index contributed by atoms with van der Waals surface area (Å²) in [5.41, 5.74) is -2.70. The summed E-state index contributed by atoms with van der Waals surface area (Å²) >= 11 is 5.47. The first kappa shape index (κ1) is 28.6. The number of halogens is 1. The number of Topliss-reactive ketones (excluding diaryl/α,β-unsaturated/α-hetero) is 1. The lowest BCUT2D eigenvalue weighted by Crippen LogP contribution is -2.78. The van der Waals surface area contributed by atoms with Crippen LogP contribution in [0.25, 0.3) is 0 Å². The summed E-state index contributed by atoms with van der Waals surface area (Å²) in [7, 11) is 0. The predicted octanol–water partition coefficient (Wildman–Crippen LogP) is 2.84. The molecule has 0 unspecified atom stereocenters. The minimum Gasteiger partial charge on any atom is -0.414 e. The number of hydrogen-bond acceptors (Lipinski definition) is 8. The number of allylic oxidation sites excluding steroid dienone is 1. The monoisotopic (exact) mass is 503 g/mol. The van der Waals surface area contributed by atoms with Crippen LogP contribution in [0.4, 0.5) is 4.79 Å². The van der Waals surface area contributed by atoms with Crippen LogP contribution in [0.1, 0.15) is 66.7 Å². The molecule has 0 spiro atoms. The van der Waals surface area contributed by atoms with Crippen LogP contribution in [0.15, 0.2) is 12.7 Å². The molecular weight excluding hydrogens is 466 g/mol. The van der Waals surface area contributed by atoms with Crippen LogP contribution in [0, 0.1) is 28.6 Å². The first-order valence-electron chi connectivity index (χ1n) is 11.6. The topological polar surface area (TPSA) is 142 Å². The van der Waals surface area contributed by atoms with E-state index in [-0.39, 0.29) is 37.5 Å². The van der Waals surface area contributed by atoms with E-state index < -0.39 is 58.0 Å². The van der Waals surface area contributed by atoms with Gasteiger partial charge in [0.05, 0.1) is 17.9 Å². The van der Waals surface area contributed by atoms with Gasteiger partial charge in [-0.05, 0) is 37.0 Å². The van der Waals surface area contributed by atoms with Gasteiger partial charge in [0.1, 0.15) is 5.60 Å². The van der Waals surface area contributed by atoms with Crippen LogP contribution in [0.5, 0.6) is 0 Å². The van der Waals surface area contributed by atoms with Crippen molar-refractivity contribution in [3.8, 4) is 0 Å². The molecule has 194 valence electrons. The first-order valence-corrected chi connectivity index (χ1v) is 12.2. The van der Waals surface area contributed by atoms with E-state index in [1.165, 1.54) is 6.92 Å². The van der Waals surface area contributed by atoms with E-state index in [4.69, 9.17) is 16.3 Å². The van der Waals surface area contributed by atoms with Gasteiger partial charge in [-0.2, -0.15) is 0 Å². The molecule has 2 rings (SSSR count). The minimum atomic E-state index is -2.35. The molecule has 9 nitrogen and oxygen atoms in total. The van der Waals surface area contributed by atoms with Gasteiger partial charge in [0.25, 0.3) is 0 Å². The van der Waals surface area contributed by atoms with Crippen molar-refractivity contribution < 1.29 is 39.3 Å². The highest BCUT2D eigenvalue weighted by Gasteiger charge is 2.76. The van der Waals surface area contributed by atoms with Crippen molar-refractivity contribution >= 4 is 29.4 Å². The van der Waals surface area contributed by atoms with E-state index in [2.05, 4.69) is 11.4 Å². The Morgan fingerprint density at radius 1 is 1.24 bits per heavy atom. The van der Waals surface area contributed by atoms with Crippen molar-refractivity contribution in [3.05, 3.63) is 12.7 Å². The molecule has 0 heterocycles. The van der Waals surface area contributed by atoms with Crippen LogP contribution >= 0.6 is 11.6 Å². The van der Waals surface area contributed by atoms with Gasteiger partial charge in [-0.15, -0.1) is 23.7 Å². The molecule has 0 aromatic rings. The van der Waals surface area contributed by atoms with Crippen LogP contribution in [0.3, 0.4) is 0 Å². The number of carbonyl (C=O) groups excluding carboxylic acids is 3. The quantitative estimate of drug-likeness (QED) is 0.180. The maximum atomic E-state index is 13.6. The third-order valence-electron chi connectivity index (χ3n) is 8.01. The lowest BCUT2D eigenvalue weighted by atomic mass is 9.41. The Hall–Kier alpha value is -1.68. The molecule has 10 heteroatoms. The molecule has 0 bridgehead atoms. The number of nitrogens with one attached hydrogen (secondary N) is 1. The highest BCUT2D eigenvalue weighted by atomic mass is 35.5. The fourth-order valence-electron chi connectivity index (χ4n) is 6.21. The van der Waals surface area contributed by atoms with Crippen molar-refractivity contribution in [2.45, 2.75) is 84.2 Å². The molecule has 0 saturated heterocycles. The largest absolute Gasteiger partial charge is 0.443 e. The zero-order valence-electron chi connectivity index (χ0n) is 20.6. The second-order valence-corrected chi connectivity index (χ2v) is 11.0. The summed E-state index contributed by atoms with van der Waals surface area (Å²) in [5.74, 6) is -5.49. The number of fused-ring (bicyclic) bond motifs is 1. The Kier molecular flexibility index (Phi) is 8.51. The molecule has 0 aliphatic heterocycles. The maximum Gasteiger partial charge on any atom is 0.443 e. The first-order chi connectivity index (χ1) is 15.6. The Labute approximate surface area is 205 Å². The number of ether oxygens (including phenoxy) is 1. The van der Waals surface area contributed by atoms with E-state index in [1.807, 2.05) is 19.3 Å².